The summed E-state index contributed by atoms with van der Waals surface area (Å²) in [5.74, 6) is 2.71. The highest BCUT2D eigenvalue weighted by molar-refractivity contribution is 6.30. The lowest BCUT2D eigenvalue weighted by molar-refractivity contribution is -0.133. The van der Waals surface area contributed by atoms with E-state index in [1.165, 1.54) is 12.8 Å². The lowest BCUT2D eigenvalue weighted by Gasteiger charge is -2.41. The molecule has 1 aliphatic carbocycles. The molecule has 2 saturated heterocycles. The van der Waals surface area contributed by atoms with Crippen LogP contribution in [0.5, 0.6) is 0 Å². The first-order valence-electron chi connectivity index (χ1n) is 11.6. The molecule has 31 heavy (non-hydrogen) atoms. The number of amides is 1. The van der Waals surface area contributed by atoms with E-state index in [4.69, 9.17) is 25.8 Å². The second kappa shape index (κ2) is 8.91. The van der Waals surface area contributed by atoms with Crippen LogP contribution in [0, 0.1) is 5.92 Å². The molecule has 1 amide bonds. The standard InChI is InChI=1S/C24H30ClN3O3/c25-20-4-1-3-18(13-20)14-21(29)28-10-2-9-24(16-28,15-17-5-6-17)23-26-22(31-27-23)19-7-11-30-12-8-19/h1,3-4,13,17,19H,2,5-12,14-16H2. The minimum Gasteiger partial charge on any atom is -0.381 e. The van der Waals surface area contributed by atoms with E-state index in [-0.39, 0.29) is 17.2 Å². The lowest BCUT2D eigenvalue weighted by atomic mass is 9.74. The van der Waals surface area contributed by atoms with E-state index < -0.39 is 0 Å². The van der Waals surface area contributed by atoms with Crippen molar-refractivity contribution in [2.75, 3.05) is 26.3 Å². The molecule has 2 aliphatic heterocycles. The van der Waals surface area contributed by atoms with Crippen molar-refractivity contribution >= 4 is 17.5 Å². The Labute approximate surface area is 188 Å². The van der Waals surface area contributed by atoms with E-state index >= 15 is 0 Å². The summed E-state index contributed by atoms with van der Waals surface area (Å²) in [4.78, 5) is 20.1. The van der Waals surface area contributed by atoms with Gasteiger partial charge in [-0.2, -0.15) is 4.98 Å². The number of hydrogen-bond donors (Lipinski definition) is 0. The fraction of sp³-hybridized carbons (Fsp3) is 0.625. The minimum atomic E-state index is -0.198. The Kier molecular flexibility index (Phi) is 6.02. The number of halogens is 1. The number of likely N-dealkylation sites (tertiary alicyclic amines) is 1. The number of benzene rings is 1. The molecule has 0 N–H and O–H groups in total. The van der Waals surface area contributed by atoms with Gasteiger partial charge in [-0.25, -0.2) is 0 Å². The highest BCUT2D eigenvalue weighted by Crippen LogP contribution is 2.46. The first kappa shape index (κ1) is 21.0. The first-order valence-corrected chi connectivity index (χ1v) is 11.9. The summed E-state index contributed by atoms with van der Waals surface area (Å²) >= 11 is 6.11. The molecule has 0 spiro atoms. The molecule has 3 fully saturated rings. The molecule has 1 aromatic heterocycles. The lowest BCUT2D eigenvalue weighted by Crippen LogP contribution is -2.49. The highest BCUT2D eigenvalue weighted by atomic mass is 35.5. The Balaban J connectivity index is 1.35. The molecule has 1 aromatic carbocycles. The molecule has 2 aromatic rings. The zero-order chi connectivity index (χ0) is 21.3. The van der Waals surface area contributed by atoms with Crippen LogP contribution in [-0.4, -0.2) is 47.3 Å². The van der Waals surface area contributed by atoms with Gasteiger partial charge in [0, 0.05) is 37.2 Å². The first-order chi connectivity index (χ1) is 15.1. The second-order valence-electron chi connectivity index (χ2n) is 9.50. The summed E-state index contributed by atoms with van der Waals surface area (Å²) in [6.45, 7) is 2.97. The van der Waals surface area contributed by atoms with Crippen LogP contribution in [0.1, 0.15) is 68.1 Å². The maximum atomic E-state index is 13.2. The third-order valence-electron chi connectivity index (χ3n) is 7.04. The molecule has 7 heteroatoms. The Bertz CT molecular complexity index is 922. The Hall–Kier alpha value is -1.92. The fourth-order valence-electron chi connectivity index (χ4n) is 5.15. The normalized spacial score (nSPS) is 25.0. The van der Waals surface area contributed by atoms with E-state index in [9.17, 15) is 4.79 Å². The largest absolute Gasteiger partial charge is 0.381 e. The van der Waals surface area contributed by atoms with Crippen molar-refractivity contribution in [2.24, 2.45) is 5.92 Å². The summed E-state index contributed by atoms with van der Waals surface area (Å²) < 4.78 is 11.2. The Morgan fingerprint density at radius 3 is 2.84 bits per heavy atom. The molecule has 6 nitrogen and oxygen atoms in total. The number of ether oxygens (including phenoxy) is 1. The van der Waals surface area contributed by atoms with Crippen molar-refractivity contribution in [3.63, 3.8) is 0 Å². The average molecular weight is 444 g/mol. The van der Waals surface area contributed by atoms with Crippen LogP contribution in [0.25, 0.3) is 0 Å². The zero-order valence-electron chi connectivity index (χ0n) is 17.9. The molecule has 3 aliphatic rings. The fourth-order valence-corrected chi connectivity index (χ4v) is 5.37. The SMILES string of the molecule is O=C(Cc1cccc(Cl)c1)N1CCCC(CC2CC2)(c2noc(C3CCOCC3)n2)C1. The van der Waals surface area contributed by atoms with E-state index in [0.717, 1.165) is 69.1 Å². The minimum absolute atomic E-state index is 0.148. The van der Waals surface area contributed by atoms with Gasteiger partial charge >= 0.3 is 0 Å². The molecule has 5 rings (SSSR count). The monoisotopic (exact) mass is 443 g/mol. The van der Waals surface area contributed by atoms with Gasteiger partial charge in [0.05, 0.1) is 11.8 Å². The van der Waals surface area contributed by atoms with E-state index in [1.54, 1.807) is 0 Å². The second-order valence-corrected chi connectivity index (χ2v) is 9.93. The Morgan fingerprint density at radius 2 is 2.06 bits per heavy atom. The molecular weight excluding hydrogens is 414 g/mol. The van der Waals surface area contributed by atoms with Gasteiger partial charge in [-0.05, 0) is 55.7 Å². The summed E-state index contributed by atoms with van der Waals surface area (Å²) in [5.41, 5.74) is 0.758. The molecule has 166 valence electrons. The number of carbonyl (C=O) groups excluding carboxylic acids is 1. The molecule has 1 atom stereocenters. The number of piperidine rings is 1. The maximum Gasteiger partial charge on any atom is 0.229 e. The number of nitrogens with zero attached hydrogens (tertiary/aromatic N) is 3. The molecule has 3 heterocycles. The Morgan fingerprint density at radius 1 is 1.23 bits per heavy atom. The predicted octanol–water partition coefficient (Wildman–Crippen LogP) is 4.52. The van der Waals surface area contributed by atoms with Crippen LogP contribution in [0.4, 0.5) is 0 Å². The highest BCUT2D eigenvalue weighted by Gasteiger charge is 2.46. The topological polar surface area (TPSA) is 68.5 Å². The maximum absolute atomic E-state index is 13.2. The number of hydrogen-bond acceptors (Lipinski definition) is 5. The van der Waals surface area contributed by atoms with Crippen molar-refractivity contribution in [3.05, 3.63) is 46.6 Å². The van der Waals surface area contributed by atoms with Gasteiger partial charge in [-0.3, -0.25) is 4.79 Å². The molecule has 0 bridgehead atoms. The quantitative estimate of drug-likeness (QED) is 0.656. The van der Waals surface area contributed by atoms with Crippen molar-refractivity contribution in [3.8, 4) is 0 Å². The van der Waals surface area contributed by atoms with Crippen LogP contribution >= 0.6 is 11.6 Å². The summed E-state index contributed by atoms with van der Waals surface area (Å²) in [6, 6.07) is 7.57. The summed E-state index contributed by atoms with van der Waals surface area (Å²) in [6.07, 6.45) is 7.79. The smallest absolute Gasteiger partial charge is 0.229 e. The molecular formula is C24H30ClN3O3. The number of aromatic nitrogens is 2. The van der Waals surface area contributed by atoms with E-state index in [0.29, 0.717) is 23.9 Å². The van der Waals surface area contributed by atoms with Crippen LogP contribution in [-0.2, 0) is 21.4 Å². The van der Waals surface area contributed by atoms with Crippen molar-refractivity contribution in [1.29, 1.82) is 0 Å². The van der Waals surface area contributed by atoms with Gasteiger partial charge in [0.15, 0.2) is 5.82 Å². The molecule has 1 saturated carbocycles. The van der Waals surface area contributed by atoms with E-state index in [1.807, 2.05) is 29.2 Å². The summed E-state index contributed by atoms with van der Waals surface area (Å²) in [7, 11) is 0. The molecule has 0 radical (unpaired) electrons. The van der Waals surface area contributed by atoms with Crippen LogP contribution in [0.15, 0.2) is 28.8 Å². The summed E-state index contributed by atoms with van der Waals surface area (Å²) in [5, 5.41) is 5.14. The average Bonchev–Trinajstić information content (AvgIpc) is 3.44. The van der Waals surface area contributed by atoms with Gasteiger partial charge in [0.2, 0.25) is 11.8 Å². The van der Waals surface area contributed by atoms with E-state index in [2.05, 4.69) is 5.16 Å². The van der Waals surface area contributed by atoms with Crippen LogP contribution < -0.4 is 0 Å². The number of rotatable bonds is 6. The van der Waals surface area contributed by atoms with Crippen molar-refractivity contribution in [1.82, 2.24) is 15.0 Å². The van der Waals surface area contributed by atoms with Crippen LogP contribution in [0.3, 0.4) is 0 Å². The van der Waals surface area contributed by atoms with Gasteiger partial charge in [-0.1, -0.05) is 41.7 Å². The van der Waals surface area contributed by atoms with Gasteiger partial charge in [0.1, 0.15) is 0 Å². The number of carbonyl (C=O) groups is 1. The van der Waals surface area contributed by atoms with Gasteiger partial charge in [-0.15, -0.1) is 0 Å². The van der Waals surface area contributed by atoms with Crippen LogP contribution in [0.2, 0.25) is 5.02 Å². The van der Waals surface area contributed by atoms with Crippen molar-refractivity contribution < 1.29 is 14.1 Å². The predicted molar refractivity (Wildman–Crippen MR) is 117 cm³/mol. The zero-order valence-corrected chi connectivity index (χ0v) is 18.6. The van der Waals surface area contributed by atoms with Gasteiger partial charge < -0.3 is 14.2 Å². The molecule has 1 unspecified atom stereocenters. The third kappa shape index (κ3) is 4.80. The third-order valence-corrected chi connectivity index (χ3v) is 7.27. The van der Waals surface area contributed by atoms with Crippen molar-refractivity contribution in [2.45, 2.75) is 62.7 Å². The van der Waals surface area contributed by atoms with Gasteiger partial charge in [0.25, 0.3) is 0 Å².